The van der Waals surface area contributed by atoms with Crippen molar-refractivity contribution in [3.05, 3.63) is 41.0 Å². The van der Waals surface area contributed by atoms with Gasteiger partial charge in [-0.25, -0.2) is 4.79 Å². The van der Waals surface area contributed by atoms with E-state index in [9.17, 15) is 24.3 Å². The number of likely N-dealkylation sites (N-methyl/N-ethyl adjacent to an activating group) is 1. The molecule has 1 aromatic rings. The minimum atomic E-state index is -1.32. The van der Waals surface area contributed by atoms with Crippen LogP contribution >= 0.6 is 0 Å². The lowest BCUT2D eigenvalue weighted by Gasteiger charge is -2.22. The van der Waals surface area contributed by atoms with Crippen molar-refractivity contribution in [1.82, 2.24) is 10.2 Å². The molecule has 0 saturated carbocycles. The van der Waals surface area contributed by atoms with Crippen molar-refractivity contribution < 1.29 is 24.3 Å². The van der Waals surface area contributed by atoms with Crippen LogP contribution < -0.4 is 10.4 Å². The first-order valence-electron chi connectivity index (χ1n) is 5.56. The molecular formula is C13H9N2O5-. The van der Waals surface area contributed by atoms with Gasteiger partial charge in [-0.05, 0) is 17.2 Å². The molecule has 0 aliphatic carbocycles. The Morgan fingerprint density at radius 3 is 2.35 bits per heavy atom. The predicted molar refractivity (Wildman–Crippen MR) is 65.1 cm³/mol. The van der Waals surface area contributed by atoms with E-state index in [0.29, 0.717) is 5.56 Å². The fourth-order valence-corrected chi connectivity index (χ4v) is 1.63. The number of hydrogen-bond acceptors (Lipinski definition) is 5. The molecule has 0 radical (unpaired) electrons. The normalized spacial score (nSPS) is 17.4. The Kier molecular flexibility index (Phi) is 3.34. The molecule has 1 heterocycles. The number of benzene rings is 1. The van der Waals surface area contributed by atoms with Gasteiger partial charge in [0.05, 0.1) is 5.97 Å². The standard InChI is InChI=1S/C13H10N2O5/c1-15-11(17)9(10(16)14-13(15)20)6-7-2-4-8(5-3-7)12(18)19/h2-6H,1H3,(H,18,19)(H,14,16,20)/p-1/b9-6-. The van der Waals surface area contributed by atoms with Gasteiger partial charge in [0.2, 0.25) is 0 Å². The lowest BCUT2D eigenvalue weighted by molar-refractivity contribution is -0.255. The topological polar surface area (TPSA) is 107 Å². The van der Waals surface area contributed by atoms with Gasteiger partial charge < -0.3 is 9.90 Å². The van der Waals surface area contributed by atoms with Crippen LogP contribution in [0, 0.1) is 0 Å². The Morgan fingerprint density at radius 1 is 1.20 bits per heavy atom. The van der Waals surface area contributed by atoms with Crippen LogP contribution in [0.15, 0.2) is 29.8 Å². The third kappa shape index (κ3) is 2.41. The van der Waals surface area contributed by atoms with E-state index in [4.69, 9.17) is 0 Å². The second kappa shape index (κ2) is 4.96. The number of nitrogens with zero attached hydrogens (tertiary/aromatic N) is 1. The molecule has 7 nitrogen and oxygen atoms in total. The third-order valence-corrected chi connectivity index (χ3v) is 2.76. The maximum atomic E-state index is 11.8. The minimum absolute atomic E-state index is 0.0149. The van der Waals surface area contributed by atoms with Gasteiger partial charge in [-0.1, -0.05) is 24.3 Å². The Morgan fingerprint density at radius 2 is 1.80 bits per heavy atom. The molecule has 1 N–H and O–H groups in total. The van der Waals surface area contributed by atoms with Crippen LogP contribution in [-0.2, 0) is 9.59 Å². The summed E-state index contributed by atoms with van der Waals surface area (Å²) in [6.07, 6.45) is 1.28. The van der Waals surface area contributed by atoms with Crippen LogP contribution in [0.25, 0.3) is 6.08 Å². The number of carboxylic acids is 1. The predicted octanol–water partition coefficient (Wildman–Crippen LogP) is -0.858. The van der Waals surface area contributed by atoms with Gasteiger partial charge in [-0.2, -0.15) is 0 Å². The molecule has 0 spiro atoms. The lowest BCUT2D eigenvalue weighted by atomic mass is 10.1. The summed E-state index contributed by atoms with van der Waals surface area (Å²) in [6.45, 7) is 0. The van der Waals surface area contributed by atoms with Crippen LogP contribution in [0.3, 0.4) is 0 Å². The van der Waals surface area contributed by atoms with E-state index < -0.39 is 23.8 Å². The van der Waals surface area contributed by atoms with Crippen molar-refractivity contribution in [3.8, 4) is 0 Å². The smallest absolute Gasteiger partial charge is 0.331 e. The monoisotopic (exact) mass is 273 g/mol. The van der Waals surface area contributed by atoms with Gasteiger partial charge in [0, 0.05) is 7.05 Å². The van der Waals surface area contributed by atoms with E-state index in [1.807, 2.05) is 5.32 Å². The number of amides is 4. The SMILES string of the molecule is CN1C(=O)NC(=O)/C(=C/c2ccc(C(=O)[O-])cc2)C1=O. The molecule has 102 valence electrons. The quantitative estimate of drug-likeness (QED) is 0.557. The highest BCUT2D eigenvalue weighted by Crippen LogP contribution is 2.13. The van der Waals surface area contributed by atoms with Gasteiger partial charge >= 0.3 is 6.03 Å². The van der Waals surface area contributed by atoms with E-state index in [0.717, 1.165) is 4.90 Å². The fourth-order valence-electron chi connectivity index (χ4n) is 1.63. The maximum absolute atomic E-state index is 11.8. The number of carbonyl (C=O) groups excluding carboxylic acids is 4. The highest BCUT2D eigenvalue weighted by molar-refractivity contribution is 6.30. The van der Waals surface area contributed by atoms with E-state index in [-0.39, 0.29) is 11.1 Å². The van der Waals surface area contributed by atoms with Crippen molar-refractivity contribution in [2.24, 2.45) is 0 Å². The summed E-state index contributed by atoms with van der Waals surface area (Å²) >= 11 is 0. The number of carbonyl (C=O) groups is 4. The molecule has 1 aromatic carbocycles. The van der Waals surface area contributed by atoms with Crippen LogP contribution in [0.1, 0.15) is 15.9 Å². The third-order valence-electron chi connectivity index (χ3n) is 2.76. The first kappa shape index (κ1) is 13.5. The zero-order valence-corrected chi connectivity index (χ0v) is 10.4. The first-order chi connectivity index (χ1) is 9.40. The van der Waals surface area contributed by atoms with E-state index in [1.165, 1.54) is 37.4 Å². The van der Waals surface area contributed by atoms with Crippen molar-refractivity contribution in [1.29, 1.82) is 0 Å². The second-order valence-electron chi connectivity index (χ2n) is 4.09. The molecule has 0 atom stereocenters. The highest BCUT2D eigenvalue weighted by atomic mass is 16.4. The van der Waals surface area contributed by atoms with Crippen molar-refractivity contribution in [2.45, 2.75) is 0 Å². The van der Waals surface area contributed by atoms with Crippen LogP contribution in [0.2, 0.25) is 0 Å². The number of urea groups is 1. The van der Waals surface area contributed by atoms with Crippen LogP contribution in [-0.4, -0.2) is 35.8 Å². The maximum Gasteiger partial charge on any atom is 0.331 e. The van der Waals surface area contributed by atoms with Crippen LogP contribution in [0.5, 0.6) is 0 Å². The molecule has 1 fully saturated rings. The van der Waals surface area contributed by atoms with Gasteiger partial charge in [0.1, 0.15) is 5.57 Å². The Labute approximate surface area is 113 Å². The number of barbiturate groups is 1. The molecule has 0 aromatic heterocycles. The largest absolute Gasteiger partial charge is 0.545 e. The van der Waals surface area contributed by atoms with Crippen molar-refractivity contribution >= 4 is 29.9 Å². The summed E-state index contributed by atoms with van der Waals surface area (Å²) < 4.78 is 0. The summed E-state index contributed by atoms with van der Waals surface area (Å²) in [4.78, 5) is 46.0. The highest BCUT2D eigenvalue weighted by Gasteiger charge is 2.32. The first-order valence-corrected chi connectivity index (χ1v) is 5.56. The molecule has 7 heteroatoms. The number of nitrogens with one attached hydrogen (secondary N) is 1. The number of carboxylic acid groups (broad SMARTS) is 1. The Balaban J connectivity index is 2.34. The summed E-state index contributed by atoms with van der Waals surface area (Å²) in [6, 6.07) is 4.65. The Bertz CT molecular complexity index is 645. The van der Waals surface area contributed by atoms with Gasteiger partial charge in [0.25, 0.3) is 11.8 Å². The molecule has 2 rings (SSSR count). The molecule has 0 bridgehead atoms. The van der Waals surface area contributed by atoms with E-state index >= 15 is 0 Å². The Hall–Kier alpha value is -2.96. The molecule has 1 aliphatic heterocycles. The summed E-state index contributed by atoms with van der Waals surface area (Å²) in [7, 11) is 1.25. The molecule has 20 heavy (non-hydrogen) atoms. The summed E-state index contributed by atoms with van der Waals surface area (Å²) in [5, 5.41) is 12.6. The van der Waals surface area contributed by atoms with Crippen molar-refractivity contribution in [2.75, 3.05) is 7.05 Å². The average molecular weight is 273 g/mol. The molecule has 0 unspecified atom stereocenters. The average Bonchev–Trinajstić information content (AvgIpc) is 2.42. The molecular weight excluding hydrogens is 264 g/mol. The molecule has 1 saturated heterocycles. The van der Waals surface area contributed by atoms with E-state index in [2.05, 4.69) is 0 Å². The summed E-state index contributed by atoms with van der Waals surface area (Å²) in [5.41, 5.74) is 0.239. The minimum Gasteiger partial charge on any atom is -0.545 e. The lowest BCUT2D eigenvalue weighted by Crippen LogP contribution is -2.52. The van der Waals surface area contributed by atoms with E-state index in [1.54, 1.807) is 0 Å². The zero-order valence-electron chi connectivity index (χ0n) is 10.4. The molecule has 4 amide bonds. The van der Waals surface area contributed by atoms with Gasteiger partial charge in [-0.3, -0.25) is 19.8 Å². The number of imide groups is 2. The van der Waals surface area contributed by atoms with Crippen LogP contribution in [0.4, 0.5) is 4.79 Å². The number of hydrogen-bond donors (Lipinski definition) is 1. The second-order valence-corrected chi connectivity index (χ2v) is 4.09. The molecule has 1 aliphatic rings. The number of aromatic carboxylic acids is 1. The van der Waals surface area contributed by atoms with Crippen molar-refractivity contribution in [3.63, 3.8) is 0 Å². The van der Waals surface area contributed by atoms with Gasteiger partial charge in [-0.15, -0.1) is 0 Å². The summed E-state index contributed by atoms with van der Waals surface area (Å²) in [5.74, 6) is -2.83. The zero-order chi connectivity index (χ0) is 14.9. The van der Waals surface area contributed by atoms with Gasteiger partial charge in [0.15, 0.2) is 0 Å². The number of rotatable bonds is 2. The fraction of sp³-hybridized carbons (Fsp3) is 0.0769.